The van der Waals surface area contributed by atoms with Crippen LogP contribution < -0.4 is 21.5 Å². The monoisotopic (exact) mass is 622 g/mol. The fourth-order valence-corrected chi connectivity index (χ4v) is 4.76. The summed E-state index contributed by atoms with van der Waals surface area (Å²) in [7, 11) is 3.03. The van der Waals surface area contributed by atoms with E-state index in [0.29, 0.717) is 22.8 Å². The van der Waals surface area contributed by atoms with E-state index < -0.39 is 47.4 Å². The van der Waals surface area contributed by atoms with Crippen molar-refractivity contribution >= 4 is 23.3 Å². The predicted molar refractivity (Wildman–Crippen MR) is 162 cm³/mol. The van der Waals surface area contributed by atoms with Crippen LogP contribution in [0.5, 0.6) is 0 Å². The maximum absolute atomic E-state index is 14.0. The lowest BCUT2D eigenvalue weighted by Gasteiger charge is -2.20. The van der Waals surface area contributed by atoms with Crippen LogP contribution in [0.4, 0.5) is 23.2 Å². The van der Waals surface area contributed by atoms with Gasteiger partial charge in [0.05, 0.1) is 23.8 Å². The van der Waals surface area contributed by atoms with Crippen molar-refractivity contribution in [3.05, 3.63) is 122 Å². The minimum Gasteiger partial charge on any atom is -0.355 e. The molecule has 2 amide bonds. The Morgan fingerprint density at radius 1 is 0.911 bits per heavy atom. The van der Waals surface area contributed by atoms with E-state index in [1.54, 1.807) is 39.1 Å². The molecule has 45 heavy (non-hydrogen) atoms. The van der Waals surface area contributed by atoms with E-state index in [2.05, 4.69) is 16.0 Å². The molecule has 0 aliphatic carbocycles. The lowest BCUT2D eigenvalue weighted by atomic mass is 9.97. The summed E-state index contributed by atoms with van der Waals surface area (Å²) in [5, 5.41) is 7.86. The first-order valence-electron chi connectivity index (χ1n) is 13.8. The van der Waals surface area contributed by atoms with Crippen LogP contribution in [0, 0.1) is 12.7 Å². The first-order valence-corrected chi connectivity index (χ1v) is 13.8. The Balaban J connectivity index is 1.92. The first kappa shape index (κ1) is 32.8. The van der Waals surface area contributed by atoms with Crippen LogP contribution in [0.2, 0.25) is 0 Å². The third kappa shape index (κ3) is 7.18. The molecule has 1 unspecified atom stereocenters. The summed E-state index contributed by atoms with van der Waals surface area (Å²) in [4.78, 5) is 52.2. The highest BCUT2D eigenvalue weighted by atomic mass is 19.4. The highest BCUT2D eigenvalue weighted by Gasteiger charge is 2.32. The Kier molecular flexibility index (Phi) is 9.67. The van der Waals surface area contributed by atoms with Crippen molar-refractivity contribution in [1.82, 2.24) is 15.2 Å². The molecular weight excluding hydrogens is 592 g/mol. The number of nitrogens with one attached hydrogen (secondary N) is 3. The number of alkyl halides is 3. The molecule has 0 aliphatic heterocycles. The van der Waals surface area contributed by atoms with Gasteiger partial charge in [0.25, 0.3) is 11.5 Å². The molecule has 0 radical (unpaired) electrons. The summed E-state index contributed by atoms with van der Waals surface area (Å²) in [6, 6.07) is 14.3. The van der Waals surface area contributed by atoms with Gasteiger partial charge in [0.1, 0.15) is 11.5 Å². The van der Waals surface area contributed by atoms with Gasteiger partial charge in [-0.3, -0.25) is 19.2 Å². The fraction of sp³-hybridized carbons (Fsp3) is 0.212. The second kappa shape index (κ2) is 13.3. The molecule has 12 heteroatoms. The summed E-state index contributed by atoms with van der Waals surface area (Å²) < 4.78 is 56.7. The molecule has 0 spiro atoms. The third-order valence-electron chi connectivity index (χ3n) is 7.37. The molecule has 0 bridgehead atoms. The summed E-state index contributed by atoms with van der Waals surface area (Å²) in [5.41, 5.74) is -0.816. The standard InChI is InChI=1S/C33H30F4N4O4/c1-18-25(6-5-7-26(18)31(44)39-4)28-13-12-27(40-30(43)19(2)38-3)32(45)41(28)17-20-14-22(16-23(15-20)33(35,36)37)29(42)21-8-10-24(34)11-9-21/h5-16,19,38H,17H2,1-4H3,(H,39,44)(H,40,43). The van der Waals surface area contributed by atoms with E-state index in [1.807, 2.05) is 0 Å². The second-order valence-corrected chi connectivity index (χ2v) is 10.3. The number of likely N-dealkylation sites (N-methyl/N-ethyl adjacent to an activating group) is 1. The van der Waals surface area contributed by atoms with Crippen molar-refractivity contribution in [2.45, 2.75) is 32.6 Å². The minimum atomic E-state index is -4.83. The number of anilines is 1. The van der Waals surface area contributed by atoms with Crippen LogP contribution in [0.1, 0.15) is 49.9 Å². The van der Waals surface area contributed by atoms with Crippen molar-refractivity contribution in [3.63, 3.8) is 0 Å². The van der Waals surface area contributed by atoms with Gasteiger partial charge in [-0.05, 0) is 92.7 Å². The summed E-state index contributed by atoms with van der Waals surface area (Å²) in [6.07, 6.45) is -4.83. The van der Waals surface area contributed by atoms with Crippen LogP contribution in [-0.2, 0) is 17.5 Å². The molecule has 4 rings (SSSR count). The number of carbonyl (C=O) groups is 3. The predicted octanol–water partition coefficient (Wildman–Crippen LogP) is 5.17. The highest BCUT2D eigenvalue weighted by Crippen LogP contribution is 2.32. The molecule has 0 saturated heterocycles. The number of benzene rings is 3. The molecule has 0 fully saturated rings. The number of pyridine rings is 1. The third-order valence-corrected chi connectivity index (χ3v) is 7.37. The van der Waals surface area contributed by atoms with Gasteiger partial charge in [-0.15, -0.1) is 0 Å². The molecular formula is C33H30F4N4O4. The number of hydrogen-bond donors (Lipinski definition) is 3. The normalized spacial score (nSPS) is 12.0. The highest BCUT2D eigenvalue weighted by molar-refractivity contribution is 6.09. The molecule has 1 aromatic heterocycles. The van der Waals surface area contributed by atoms with E-state index in [4.69, 9.17) is 0 Å². The van der Waals surface area contributed by atoms with Crippen molar-refractivity contribution in [2.75, 3.05) is 19.4 Å². The maximum Gasteiger partial charge on any atom is 0.416 e. The van der Waals surface area contributed by atoms with Crippen LogP contribution in [0.3, 0.4) is 0 Å². The Morgan fingerprint density at radius 3 is 2.22 bits per heavy atom. The van der Waals surface area contributed by atoms with Crippen LogP contribution in [0.25, 0.3) is 11.3 Å². The fourth-order valence-electron chi connectivity index (χ4n) is 4.76. The molecule has 0 aliphatic rings. The average Bonchev–Trinajstić information content (AvgIpc) is 3.02. The van der Waals surface area contributed by atoms with Crippen LogP contribution in [-0.4, -0.2) is 42.3 Å². The number of aromatic nitrogens is 1. The average molecular weight is 623 g/mol. The van der Waals surface area contributed by atoms with Gasteiger partial charge >= 0.3 is 6.18 Å². The minimum absolute atomic E-state index is 0.0236. The second-order valence-electron chi connectivity index (χ2n) is 10.3. The number of hydrogen-bond acceptors (Lipinski definition) is 5. The molecule has 1 atom stereocenters. The summed E-state index contributed by atoms with van der Waals surface area (Å²) in [6.45, 7) is 2.82. The zero-order valence-corrected chi connectivity index (χ0v) is 24.8. The van der Waals surface area contributed by atoms with Gasteiger partial charge in [-0.1, -0.05) is 12.1 Å². The van der Waals surface area contributed by atoms with Crippen molar-refractivity contribution in [2.24, 2.45) is 0 Å². The Morgan fingerprint density at radius 2 is 1.60 bits per heavy atom. The first-order chi connectivity index (χ1) is 21.2. The summed E-state index contributed by atoms with van der Waals surface area (Å²) >= 11 is 0. The van der Waals surface area contributed by atoms with E-state index in [1.165, 1.54) is 41.9 Å². The number of carbonyl (C=O) groups excluding carboxylic acids is 3. The van der Waals surface area contributed by atoms with Crippen molar-refractivity contribution < 1.29 is 31.9 Å². The van der Waals surface area contributed by atoms with Gasteiger partial charge < -0.3 is 20.5 Å². The van der Waals surface area contributed by atoms with Crippen LogP contribution >= 0.6 is 0 Å². The Labute approximate surface area is 256 Å². The molecule has 0 saturated carbocycles. The number of amides is 2. The van der Waals surface area contributed by atoms with E-state index in [-0.39, 0.29) is 34.0 Å². The smallest absolute Gasteiger partial charge is 0.355 e. The Hall–Kier alpha value is -5.10. The van der Waals surface area contributed by atoms with Gasteiger partial charge in [-0.25, -0.2) is 4.39 Å². The largest absolute Gasteiger partial charge is 0.416 e. The van der Waals surface area contributed by atoms with Gasteiger partial charge in [0.15, 0.2) is 5.78 Å². The van der Waals surface area contributed by atoms with Gasteiger partial charge in [0, 0.05) is 29.3 Å². The zero-order valence-electron chi connectivity index (χ0n) is 24.8. The maximum atomic E-state index is 14.0. The number of ketones is 1. The SMILES string of the molecule is CNC(=O)c1cccc(-c2ccc(NC(=O)C(C)NC)c(=O)n2Cc2cc(C(=O)c3ccc(F)cc3)cc(C(F)(F)F)c2)c1C. The zero-order chi connectivity index (χ0) is 33.1. The van der Waals surface area contributed by atoms with E-state index in [0.717, 1.165) is 18.2 Å². The quantitative estimate of drug-likeness (QED) is 0.176. The molecule has 8 nitrogen and oxygen atoms in total. The topological polar surface area (TPSA) is 109 Å². The molecule has 1 heterocycles. The lowest BCUT2D eigenvalue weighted by Crippen LogP contribution is -2.37. The van der Waals surface area contributed by atoms with Crippen molar-refractivity contribution in [3.8, 4) is 11.3 Å². The number of halogens is 4. The molecule has 234 valence electrons. The number of rotatable bonds is 9. The molecule has 3 N–H and O–H groups in total. The van der Waals surface area contributed by atoms with E-state index >= 15 is 0 Å². The van der Waals surface area contributed by atoms with Gasteiger partial charge in [-0.2, -0.15) is 13.2 Å². The number of nitrogens with zero attached hydrogens (tertiary/aromatic N) is 1. The van der Waals surface area contributed by atoms with Crippen LogP contribution in [0.15, 0.2) is 77.6 Å². The lowest BCUT2D eigenvalue weighted by molar-refractivity contribution is -0.137. The van der Waals surface area contributed by atoms with Crippen molar-refractivity contribution in [1.29, 1.82) is 0 Å². The van der Waals surface area contributed by atoms with E-state index in [9.17, 15) is 36.7 Å². The Bertz CT molecular complexity index is 1830. The molecule has 3 aromatic carbocycles. The molecule has 4 aromatic rings. The summed E-state index contributed by atoms with van der Waals surface area (Å²) in [5.74, 6) is -2.28. The van der Waals surface area contributed by atoms with Gasteiger partial charge in [0.2, 0.25) is 5.91 Å².